The smallest absolute Gasteiger partial charge is 0.227 e. The van der Waals surface area contributed by atoms with Crippen LogP contribution in [0.2, 0.25) is 0 Å². The number of carbonyl (C=O) groups excluding carboxylic acids is 1. The van der Waals surface area contributed by atoms with Crippen LogP contribution in [0.25, 0.3) is 11.4 Å². The zero-order valence-electron chi connectivity index (χ0n) is 12.8. The Balaban J connectivity index is 1.50. The van der Waals surface area contributed by atoms with Crippen LogP contribution in [-0.4, -0.2) is 21.0 Å². The van der Waals surface area contributed by atoms with Gasteiger partial charge in [-0.1, -0.05) is 5.16 Å². The third kappa shape index (κ3) is 4.22. The summed E-state index contributed by atoms with van der Waals surface area (Å²) >= 11 is 0. The van der Waals surface area contributed by atoms with Crippen LogP contribution in [0, 0.1) is 5.82 Å². The highest BCUT2D eigenvalue weighted by Crippen LogP contribution is 2.16. The van der Waals surface area contributed by atoms with Gasteiger partial charge in [0.15, 0.2) is 0 Å². The van der Waals surface area contributed by atoms with Gasteiger partial charge in [0.05, 0.1) is 0 Å². The number of pyridine rings is 1. The maximum atomic E-state index is 12.9. The predicted molar refractivity (Wildman–Crippen MR) is 84.1 cm³/mol. The second-order valence-corrected chi connectivity index (χ2v) is 5.15. The molecule has 2 heterocycles. The van der Waals surface area contributed by atoms with Gasteiger partial charge in [-0.2, -0.15) is 4.98 Å². The van der Waals surface area contributed by atoms with Crippen molar-refractivity contribution in [1.29, 1.82) is 0 Å². The average molecular weight is 326 g/mol. The Morgan fingerprint density at radius 3 is 2.62 bits per heavy atom. The average Bonchev–Trinajstić information content (AvgIpc) is 3.09. The summed E-state index contributed by atoms with van der Waals surface area (Å²) in [5.74, 6) is 0.317. The van der Waals surface area contributed by atoms with Gasteiger partial charge in [0, 0.05) is 37.3 Å². The van der Waals surface area contributed by atoms with Gasteiger partial charge < -0.3 is 9.84 Å². The van der Waals surface area contributed by atoms with Crippen molar-refractivity contribution in [2.45, 2.75) is 19.4 Å². The maximum Gasteiger partial charge on any atom is 0.227 e. The first kappa shape index (κ1) is 15.8. The van der Waals surface area contributed by atoms with Crippen molar-refractivity contribution in [3.8, 4) is 11.4 Å². The van der Waals surface area contributed by atoms with E-state index in [2.05, 4.69) is 20.4 Å². The van der Waals surface area contributed by atoms with Crippen LogP contribution < -0.4 is 5.32 Å². The molecule has 7 heteroatoms. The summed E-state index contributed by atoms with van der Waals surface area (Å²) in [6, 6.07) is 9.49. The molecular formula is C17H15FN4O2. The summed E-state index contributed by atoms with van der Waals surface area (Å²) in [7, 11) is 0. The van der Waals surface area contributed by atoms with E-state index in [0.717, 1.165) is 5.56 Å². The molecule has 1 amide bonds. The van der Waals surface area contributed by atoms with E-state index in [4.69, 9.17) is 4.52 Å². The number of aryl methyl sites for hydroxylation is 1. The molecule has 2 aromatic heterocycles. The molecule has 0 atom stereocenters. The van der Waals surface area contributed by atoms with Crippen molar-refractivity contribution >= 4 is 5.91 Å². The van der Waals surface area contributed by atoms with Gasteiger partial charge in [-0.25, -0.2) is 4.39 Å². The van der Waals surface area contributed by atoms with Crippen LogP contribution in [0.1, 0.15) is 17.9 Å². The Morgan fingerprint density at radius 1 is 1.12 bits per heavy atom. The molecular weight excluding hydrogens is 311 g/mol. The minimum Gasteiger partial charge on any atom is -0.352 e. The standard InChI is InChI=1S/C17H15FN4O2/c18-14-3-1-13(2-4-14)17-21-16(24-22-17)6-5-15(23)20-11-12-7-9-19-10-8-12/h1-4,7-10H,5-6,11H2,(H,20,23). The van der Waals surface area contributed by atoms with E-state index in [0.29, 0.717) is 30.2 Å². The van der Waals surface area contributed by atoms with E-state index in [9.17, 15) is 9.18 Å². The summed E-state index contributed by atoms with van der Waals surface area (Å²) in [4.78, 5) is 20.0. The molecule has 0 spiro atoms. The van der Waals surface area contributed by atoms with Crippen LogP contribution in [0.4, 0.5) is 4.39 Å². The lowest BCUT2D eigenvalue weighted by Crippen LogP contribution is -2.23. The van der Waals surface area contributed by atoms with E-state index >= 15 is 0 Å². The van der Waals surface area contributed by atoms with Gasteiger partial charge in [-0.05, 0) is 42.0 Å². The lowest BCUT2D eigenvalue weighted by atomic mass is 10.2. The van der Waals surface area contributed by atoms with E-state index < -0.39 is 0 Å². The molecule has 3 aromatic rings. The van der Waals surface area contributed by atoms with Crippen molar-refractivity contribution < 1.29 is 13.7 Å². The van der Waals surface area contributed by atoms with Crippen LogP contribution in [0.3, 0.4) is 0 Å². The third-order valence-corrected chi connectivity index (χ3v) is 3.38. The molecule has 24 heavy (non-hydrogen) atoms. The highest BCUT2D eigenvalue weighted by Gasteiger charge is 2.10. The number of hydrogen-bond acceptors (Lipinski definition) is 5. The van der Waals surface area contributed by atoms with Crippen LogP contribution >= 0.6 is 0 Å². The Kier molecular flexibility index (Phi) is 4.90. The predicted octanol–water partition coefficient (Wildman–Crippen LogP) is 2.52. The molecule has 0 aliphatic rings. The molecule has 6 nitrogen and oxygen atoms in total. The highest BCUT2D eigenvalue weighted by atomic mass is 19.1. The molecule has 122 valence electrons. The number of hydrogen-bond donors (Lipinski definition) is 1. The molecule has 0 bridgehead atoms. The first-order valence-electron chi connectivity index (χ1n) is 7.45. The second-order valence-electron chi connectivity index (χ2n) is 5.15. The fourth-order valence-corrected chi connectivity index (χ4v) is 2.08. The third-order valence-electron chi connectivity index (χ3n) is 3.38. The van der Waals surface area contributed by atoms with Gasteiger partial charge >= 0.3 is 0 Å². The maximum absolute atomic E-state index is 12.9. The van der Waals surface area contributed by atoms with E-state index in [-0.39, 0.29) is 18.1 Å². The Hall–Kier alpha value is -3.09. The molecule has 0 saturated heterocycles. The number of halogens is 1. The first-order valence-corrected chi connectivity index (χ1v) is 7.45. The van der Waals surface area contributed by atoms with E-state index in [1.807, 2.05) is 12.1 Å². The summed E-state index contributed by atoms with van der Waals surface area (Å²) in [5, 5.41) is 6.66. The van der Waals surface area contributed by atoms with Gasteiger partial charge in [0.25, 0.3) is 0 Å². The molecule has 0 saturated carbocycles. The fraction of sp³-hybridized carbons (Fsp3) is 0.176. The monoisotopic (exact) mass is 326 g/mol. The Labute approximate surface area is 137 Å². The first-order chi connectivity index (χ1) is 11.7. The fourth-order valence-electron chi connectivity index (χ4n) is 2.08. The molecule has 0 unspecified atom stereocenters. The SMILES string of the molecule is O=C(CCc1nc(-c2ccc(F)cc2)no1)NCc1ccncc1. The summed E-state index contributed by atoms with van der Waals surface area (Å²) in [6.45, 7) is 0.450. The zero-order chi connectivity index (χ0) is 16.8. The Bertz CT molecular complexity index is 803. The van der Waals surface area contributed by atoms with Crippen LogP contribution in [-0.2, 0) is 17.8 Å². The number of benzene rings is 1. The number of amides is 1. The Morgan fingerprint density at radius 2 is 1.88 bits per heavy atom. The summed E-state index contributed by atoms with van der Waals surface area (Å²) in [6.07, 6.45) is 3.94. The zero-order valence-corrected chi connectivity index (χ0v) is 12.8. The minimum atomic E-state index is -0.326. The molecule has 0 aliphatic heterocycles. The van der Waals surface area contributed by atoms with E-state index in [1.54, 1.807) is 24.5 Å². The largest absolute Gasteiger partial charge is 0.352 e. The molecule has 1 aromatic carbocycles. The normalized spacial score (nSPS) is 10.5. The molecule has 0 radical (unpaired) electrons. The number of aromatic nitrogens is 3. The number of nitrogens with zero attached hydrogens (tertiary/aromatic N) is 3. The van der Waals surface area contributed by atoms with Crippen molar-refractivity contribution in [3.63, 3.8) is 0 Å². The molecule has 0 fully saturated rings. The second kappa shape index (κ2) is 7.45. The molecule has 0 aliphatic carbocycles. The lowest BCUT2D eigenvalue weighted by molar-refractivity contribution is -0.121. The summed E-state index contributed by atoms with van der Waals surface area (Å²) in [5.41, 5.74) is 1.64. The lowest BCUT2D eigenvalue weighted by Gasteiger charge is -2.03. The van der Waals surface area contributed by atoms with Gasteiger partial charge in [0.1, 0.15) is 5.82 Å². The topological polar surface area (TPSA) is 80.9 Å². The van der Waals surface area contributed by atoms with Crippen molar-refractivity contribution in [2.75, 3.05) is 0 Å². The quantitative estimate of drug-likeness (QED) is 0.753. The minimum absolute atomic E-state index is 0.103. The van der Waals surface area contributed by atoms with Gasteiger partial charge in [0.2, 0.25) is 17.6 Å². The molecule has 1 N–H and O–H groups in total. The number of nitrogens with one attached hydrogen (secondary N) is 1. The number of rotatable bonds is 6. The highest BCUT2D eigenvalue weighted by molar-refractivity contribution is 5.76. The summed E-state index contributed by atoms with van der Waals surface area (Å²) < 4.78 is 18.0. The van der Waals surface area contributed by atoms with Crippen LogP contribution in [0.15, 0.2) is 53.3 Å². The van der Waals surface area contributed by atoms with E-state index in [1.165, 1.54) is 12.1 Å². The number of carbonyl (C=O) groups is 1. The van der Waals surface area contributed by atoms with Gasteiger partial charge in [-0.15, -0.1) is 0 Å². The molecule has 3 rings (SSSR count). The van der Waals surface area contributed by atoms with Gasteiger partial charge in [-0.3, -0.25) is 9.78 Å². The van der Waals surface area contributed by atoms with Crippen LogP contribution in [0.5, 0.6) is 0 Å². The van der Waals surface area contributed by atoms with Crippen molar-refractivity contribution in [2.24, 2.45) is 0 Å². The van der Waals surface area contributed by atoms with Crippen molar-refractivity contribution in [1.82, 2.24) is 20.4 Å². The van der Waals surface area contributed by atoms with Crippen molar-refractivity contribution in [3.05, 3.63) is 66.1 Å².